The fourth-order valence-electron chi connectivity index (χ4n) is 4.98. The summed E-state index contributed by atoms with van der Waals surface area (Å²) in [6.45, 7) is 10.6. The van der Waals surface area contributed by atoms with E-state index in [-0.39, 0.29) is 0 Å². The molecular formula is C27H31ClN4S. The van der Waals surface area contributed by atoms with Gasteiger partial charge in [-0.15, -0.1) is 11.3 Å². The number of rotatable bonds is 7. The van der Waals surface area contributed by atoms with Gasteiger partial charge in [0.25, 0.3) is 0 Å². The second kappa shape index (κ2) is 9.98. The van der Waals surface area contributed by atoms with Gasteiger partial charge >= 0.3 is 0 Å². The number of aryl methyl sites for hydroxylation is 2. The number of thiophene rings is 1. The van der Waals surface area contributed by atoms with Crippen LogP contribution in [-0.2, 0) is 13.1 Å². The van der Waals surface area contributed by atoms with Crippen molar-refractivity contribution in [3.63, 3.8) is 0 Å². The molecule has 3 heterocycles. The summed E-state index contributed by atoms with van der Waals surface area (Å²) in [5.41, 5.74) is 5.05. The van der Waals surface area contributed by atoms with E-state index in [0.717, 1.165) is 62.1 Å². The van der Waals surface area contributed by atoms with Gasteiger partial charge in [0.2, 0.25) is 0 Å². The van der Waals surface area contributed by atoms with Gasteiger partial charge in [-0.2, -0.15) is 0 Å². The molecule has 1 fully saturated rings. The maximum atomic E-state index is 6.16. The molecular weight excluding hydrogens is 448 g/mol. The maximum Gasteiger partial charge on any atom is 0.106 e. The van der Waals surface area contributed by atoms with Crippen LogP contribution in [0.5, 0.6) is 0 Å². The fraction of sp³-hybridized carbons (Fsp3) is 0.370. The second-order valence-electron chi connectivity index (χ2n) is 8.92. The lowest BCUT2D eigenvalue weighted by Crippen LogP contribution is -2.47. The Morgan fingerprint density at radius 3 is 2.52 bits per heavy atom. The van der Waals surface area contributed by atoms with Crippen molar-refractivity contribution in [3.05, 3.63) is 86.8 Å². The minimum atomic E-state index is 0.297. The number of imidazole rings is 1. The Kier molecular flexibility index (Phi) is 6.84. The normalized spacial score (nSPS) is 16.5. The highest BCUT2D eigenvalue weighted by Gasteiger charge is 2.27. The Labute approximate surface area is 205 Å². The number of fused-ring (bicyclic) bond motifs is 1. The number of halogens is 1. The number of nitrogens with zero attached hydrogens (tertiary/aromatic N) is 4. The molecule has 1 aliphatic heterocycles. The van der Waals surface area contributed by atoms with E-state index in [9.17, 15) is 0 Å². The molecule has 2 aromatic heterocycles. The van der Waals surface area contributed by atoms with Gasteiger partial charge < -0.3 is 4.57 Å². The van der Waals surface area contributed by atoms with Gasteiger partial charge in [0.05, 0.1) is 17.1 Å². The standard InChI is InChI=1S/C27H31ClN4S/c1-3-12-32-20(2)29-24-18-21(6-11-25(24)32)19-30-13-15-31(16-14-30)27(26-5-4-17-33-26)22-7-9-23(28)10-8-22/h4-11,17-18,27H,3,12-16,19H2,1-2H3. The predicted molar refractivity (Wildman–Crippen MR) is 139 cm³/mol. The summed E-state index contributed by atoms with van der Waals surface area (Å²) in [4.78, 5) is 11.4. The van der Waals surface area contributed by atoms with Crippen LogP contribution in [0.3, 0.4) is 0 Å². The average Bonchev–Trinajstić information content (AvgIpc) is 3.45. The molecule has 0 aliphatic carbocycles. The Bertz CT molecular complexity index is 1190. The van der Waals surface area contributed by atoms with Crippen LogP contribution < -0.4 is 0 Å². The van der Waals surface area contributed by atoms with E-state index in [2.05, 4.69) is 76.1 Å². The third kappa shape index (κ3) is 4.87. The summed E-state index contributed by atoms with van der Waals surface area (Å²) in [6, 6.07) is 19.9. The summed E-state index contributed by atoms with van der Waals surface area (Å²) in [5, 5.41) is 2.97. The van der Waals surface area contributed by atoms with Gasteiger partial charge in [-0.05, 0) is 60.2 Å². The van der Waals surface area contributed by atoms with E-state index >= 15 is 0 Å². The summed E-state index contributed by atoms with van der Waals surface area (Å²) in [5.74, 6) is 1.11. The largest absolute Gasteiger partial charge is 0.328 e. The molecule has 2 aromatic carbocycles. The zero-order valence-electron chi connectivity index (χ0n) is 19.4. The Hall–Kier alpha value is -2.18. The van der Waals surface area contributed by atoms with Gasteiger partial charge in [-0.25, -0.2) is 4.98 Å². The van der Waals surface area contributed by atoms with Gasteiger partial charge in [0.1, 0.15) is 5.82 Å². The first kappa shape index (κ1) is 22.6. The Balaban J connectivity index is 1.28. The van der Waals surface area contributed by atoms with Crippen molar-refractivity contribution in [1.29, 1.82) is 0 Å². The SMILES string of the molecule is CCCn1c(C)nc2cc(CN3CCN(C(c4ccc(Cl)cc4)c4cccs4)CC3)ccc21. The van der Waals surface area contributed by atoms with Crippen LogP contribution in [0, 0.1) is 6.92 Å². The van der Waals surface area contributed by atoms with Crippen molar-refractivity contribution in [2.45, 2.75) is 39.4 Å². The topological polar surface area (TPSA) is 24.3 Å². The van der Waals surface area contributed by atoms with E-state index in [1.165, 1.54) is 21.5 Å². The molecule has 5 rings (SSSR count). The van der Waals surface area contributed by atoms with Crippen molar-refractivity contribution in [2.75, 3.05) is 26.2 Å². The van der Waals surface area contributed by atoms with Crippen molar-refractivity contribution < 1.29 is 0 Å². The zero-order valence-corrected chi connectivity index (χ0v) is 20.9. The van der Waals surface area contributed by atoms with Crippen molar-refractivity contribution in [1.82, 2.24) is 19.4 Å². The Morgan fingerprint density at radius 2 is 1.82 bits per heavy atom. The summed E-state index contributed by atoms with van der Waals surface area (Å²) >= 11 is 8.00. The predicted octanol–water partition coefficient (Wildman–Crippen LogP) is 6.38. The lowest BCUT2D eigenvalue weighted by atomic mass is 10.0. The molecule has 4 aromatic rings. The highest BCUT2D eigenvalue weighted by Crippen LogP contribution is 2.33. The molecule has 0 radical (unpaired) electrons. The number of piperazine rings is 1. The van der Waals surface area contributed by atoms with Gasteiger partial charge in [-0.1, -0.05) is 42.8 Å². The molecule has 172 valence electrons. The lowest BCUT2D eigenvalue weighted by Gasteiger charge is -2.39. The molecule has 0 N–H and O–H groups in total. The molecule has 1 unspecified atom stereocenters. The minimum Gasteiger partial charge on any atom is -0.328 e. The monoisotopic (exact) mass is 478 g/mol. The quantitative estimate of drug-likeness (QED) is 0.308. The average molecular weight is 479 g/mol. The van der Waals surface area contributed by atoms with E-state index in [1.807, 2.05) is 23.5 Å². The number of hydrogen-bond acceptors (Lipinski definition) is 4. The molecule has 33 heavy (non-hydrogen) atoms. The van der Waals surface area contributed by atoms with E-state index in [4.69, 9.17) is 16.6 Å². The molecule has 0 saturated carbocycles. The minimum absolute atomic E-state index is 0.297. The highest BCUT2D eigenvalue weighted by molar-refractivity contribution is 7.10. The molecule has 6 heteroatoms. The summed E-state index contributed by atoms with van der Waals surface area (Å²) in [6.07, 6.45) is 1.13. The van der Waals surface area contributed by atoms with Gasteiger partial charge in [-0.3, -0.25) is 9.80 Å². The van der Waals surface area contributed by atoms with E-state index in [0.29, 0.717) is 6.04 Å². The van der Waals surface area contributed by atoms with Crippen LogP contribution >= 0.6 is 22.9 Å². The highest BCUT2D eigenvalue weighted by atomic mass is 35.5. The molecule has 1 aliphatic rings. The van der Waals surface area contributed by atoms with Crippen LogP contribution in [0.25, 0.3) is 11.0 Å². The van der Waals surface area contributed by atoms with Crippen LogP contribution in [0.4, 0.5) is 0 Å². The summed E-state index contributed by atoms with van der Waals surface area (Å²) in [7, 11) is 0. The number of aromatic nitrogens is 2. The van der Waals surface area contributed by atoms with E-state index in [1.54, 1.807) is 0 Å². The molecule has 0 spiro atoms. The number of benzene rings is 2. The molecule has 1 atom stereocenters. The first-order valence-corrected chi connectivity index (χ1v) is 13.1. The van der Waals surface area contributed by atoms with Gasteiger partial charge in [0.15, 0.2) is 0 Å². The lowest BCUT2D eigenvalue weighted by molar-refractivity contribution is 0.106. The second-order valence-corrected chi connectivity index (χ2v) is 10.3. The first-order valence-electron chi connectivity index (χ1n) is 11.8. The van der Waals surface area contributed by atoms with Crippen LogP contribution in [0.2, 0.25) is 5.02 Å². The van der Waals surface area contributed by atoms with Crippen molar-refractivity contribution >= 4 is 34.0 Å². The van der Waals surface area contributed by atoms with Crippen molar-refractivity contribution in [3.8, 4) is 0 Å². The third-order valence-corrected chi connectivity index (χ3v) is 7.80. The molecule has 0 bridgehead atoms. The molecule has 0 amide bonds. The first-order chi connectivity index (χ1) is 16.1. The van der Waals surface area contributed by atoms with Crippen LogP contribution in [0.1, 0.15) is 41.2 Å². The number of hydrogen-bond donors (Lipinski definition) is 0. The maximum absolute atomic E-state index is 6.16. The smallest absolute Gasteiger partial charge is 0.106 e. The van der Waals surface area contributed by atoms with E-state index < -0.39 is 0 Å². The van der Waals surface area contributed by atoms with Gasteiger partial charge in [0, 0.05) is 49.2 Å². The Morgan fingerprint density at radius 1 is 1.03 bits per heavy atom. The fourth-order valence-corrected chi connectivity index (χ4v) is 6.00. The summed E-state index contributed by atoms with van der Waals surface area (Å²) < 4.78 is 2.33. The zero-order chi connectivity index (χ0) is 22.8. The van der Waals surface area contributed by atoms with Crippen LogP contribution in [0.15, 0.2) is 60.0 Å². The molecule has 4 nitrogen and oxygen atoms in total. The van der Waals surface area contributed by atoms with Crippen LogP contribution in [-0.4, -0.2) is 45.5 Å². The third-order valence-electron chi connectivity index (χ3n) is 6.63. The van der Waals surface area contributed by atoms with Crippen molar-refractivity contribution in [2.24, 2.45) is 0 Å². The molecule has 1 saturated heterocycles.